The Morgan fingerprint density at radius 2 is 2.00 bits per heavy atom. The molecule has 0 aliphatic carbocycles. The molecule has 2 rings (SSSR count). The van der Waals surface area contributed by atoms with Crippen LogP contribution in [0, 0.1) is 5.41 Å². The summed E-state index contributed by atoms with van der Waals surface area (Å²) in [6, 6.07) is 5.38. The third-order valence-electron chi connectivity index (χ3n) is 3.63. The van der Waals surface area contributed by atoms with Crippen LogP contribution in [0.3, 0.4) is 0 Å². The van der Waals surface area contributed by atoms with Crippen LogP contribution in [0.2, 0.25) is 0 Å². The van der Waals surface area contributed by atoms with Gasteiger partial charge in [-0.05, 0) is 31.5 Å². The zero-order valence-electron chi connectivity index (χ0n) is 13.8. The van der Waals surface area contributed by atoms with E-state index in [0.29, 0.717) is 17.1 Å². The first-order chi connectivity index (χ1) is 11.1. The summed E-state index contributed by atoms with van der Waals surface area (Å²) in [5.41, 5.74) is 8.02. The van der Waals surface area contributed by atoms with Gasteiger partial charge in [-0.1, -0.05) is 6.92 Å². The van der Waals surface area contributed by atoms with Crippen molar-refractivity contribution in [2.45, 2.75) is 20.3 Å². The molecule has 6 heteroatoms. The van der Waals surface area contributed by atoms with Gasteiger partial charge in [-0.25, -0.2) is 9.97 Å². The Labute approximate surface area is 136 Å². The predicted molar refractivity (Wildman–Crippen MR) is 93.5 cm³/mol. The van der Waals surface area contributed by atoms with E-state index >= 15 is 0 Å². The first-order valence-electron chi connectivity index (χ1n) is 7.71. The standard InChI is InChI=1S/C17H23N5O/c1-4-10-22(5-2)14-11-12(6-8-20-14)16(19)15-13(18)7-9-21-17(15)23-3/h6-9,11,19H,4-5,10H2,1-3H3,(H2,18,21). The maximum absolute atomic E-state index is 8.51. The number of rotatable bonds is 7. The second kappa shape index (κ2) is 7.58. The Kier molecular flexibility index (Phi) is 5.51. The minimum absolute atomic E-state index is 0.281. The number of hydrogen-bond acceptors (Lipinski definition) is 6. The lowest BCUT2D eigenvalue weighted by molar-refractivity contribution is 0.397. The molecule has 0 saturated carbocycles. The fourth-order valence-corrected chi connectivity index (χ4v) is 2.46. The van der Waals surface area contributed by atoms with Crippen LogP contribution in [0.5, 0.6) is 5.88 Å². The van der Waals surface area contributed by atoms with Gasteiger partial charge in [0.25, 0.3) is 0 Å². The fourth-order valence-electron chi connectivity index (χ4n) is 2.46. The van der Waals surface area contributed by atoms with E-state index in [4.69, 9.17) is 15.9 Å². The fraction of sp³-hybridized carbons (Fsp3) is 0.353. The summed E-state index contributed by atoms with van der Waals surface area (Å²) in [6.45, 7) is 6.03. The zero-order chi connectivity index (χ0) is 16.8. The molecular weight excluding hydrogens is 290 g/mol. The van der Waals surface area contributed by atoms with E-state index in [1.807, 2.05) is 6.07 Å². The molecule has 0 unspecified atom stereocenters. The van der Waals surface area contributed by atoms with Gasteiger partial charge >= 0.3 is 0 Å². The molecule has 23 heavy (non-hydrogen) atoms. The van der Waals surface area contributed by atoms with Gasteiger partial charge in [0.2, 0.25) is 5.88 Å². The van der Waals surface area contributed by atoms with Crippen molar-refractivity contribution in [2.75, 3.05) is 30.8 Å². The molecule has 0 atom stereocenters. The molecule has 3 N–H and O–H groups in total. The maximum Gasteiger partial charge on any atom is 0.224 e. The normalized spacial score (nSPS) is 10.4. The van der Waals surface area contributed by atoms with Crippen LogP contribution in [0.1, 0.15) is 31.4 Å². The quantitative estimate of drug-likeness (QED) is 0.767. The number of nitrogens with zero attached hydrogens (tertiary/aromatic N) is 3. The summed E-state index contributed by atoms with van der Waals surface area (Å²) in [6.07, 6.45) is 4.33. The Hall–Kier alpha value is -2.63. The topological polar surface area (TPSA) is 88.1 Å². The molecular formula is C17H23N5O. The molecule has 122 valence electrons. The SMILES string of the molecule is CCCN(CC)c1cc(C(=N)c2c(N)ccnc2OC)ccn1. The molecule has 2 aromatic rings. The van der Waals surface area contributed by atoms with Gasteiger partial charge in [-0.2, -0.15) is 0 Å². The molecule has 0 bridgehead atoms. The summed E-state index contributed by atoms with van der Waals surface area (Å²) in [7, 11) is 1.52. The van der Waals surface area contributed by atoms with E-state index in [9.17, 15) is 0 Å². The highest BCUT2D eigenvalue weighted by molar-refractivity contribution is 6.15. The van der Waals surface area contributed by atoms with Gasteiger partial charge in [0.15, 0.2) is 0 Å². The molecule has 2 aromatic heterocycles. The van der Waals surface area contributed by atoms with Crippen molar-refractivity contribution in [3.63, 3.8) is 0 Å². The second-order valence-corrected chi connectivity index (χ2v) is 5.14. The van der Waals surface area contributed by atoms with Crippen LogP contribution in [0.4, 0.5) is 11.5 Å². The smallest absolute Gasteiger partial charge is 0.224 e. The van der Waals surface area contributed by atoms with E-state index in [0.717, 1.165) is 30.9 Å². The van der Waals surface area contributed by atoms with E-state index in [-0.39, 0.29) is 5.71 Å². The molecule has 0 saturated heterocycles. The Morgan fingerprint density at radius 3 is 2.65 bits per heavy atom. The molecule has 2 heterocycles. The maximum atomic E-state index is 8.51. The molecule has 0 aromatic carbocycles. The number of nitrogen functional groups attached to an aromatic ring is 1. The predicted octanol–water partition coefficient (Wildman–Crippen LogP) is 2.72. The van der Waals surface area contributed by atoms with Crippen molar-refractivity contribution in [2.24, 2.45) is 0 Å². The summed E-state index contributed by atoms with van der Waals surface area (Å²) in [5.74, 6) is 1.22. The van der Waals surface area contributed by atoms with E-state index in [1.54, 1.807) is 24.5 Å². The largest absolute Gasteiger partial charge is 0.480 e. The lowest BCUT2D eigenvalue weighted by atomic mass is 10.0. The van der Waals surface area contributed by atoms with Gasteiger partial charge < -0.3 is 15.4 Å². The van der Waals surface area contributed by atoms with Crippen LogP contribution in [-0.4, -0.2) is 35.9 Å². The summed E-state index contributed by atoms with van der Waals surface area (Å²) in [5, 5.41) is 8.51. The minimum atomic E-state index is 0.281. The molecule has 0 aliphatic heterocycles. The molecule has 6 nitrogen and oxygen atoms in total. The van der Waals surface area contributed by atoms with Crippen molar-refractivity contribution in [1.82, 2.24) is 9.97 Å². The Bertz CT molecular complexity index is 686. The lowest BCUT2D eigenvalue weighted by Gasteiger charge is -2.21. The van der Waals surface area contributed by atoms with Crippen molar-refractivity contribution in [3.8, 4) is 5.88 Å². The zero-order valence-corrected chi connectivity index (χ0v) is 13.8. The number of aromatic nitrogens is 2. The highest BCUT2D eigenvalue weighted by atomic mass is 16.5. The van der Waals surface area contributed by atoms with Gasteiger partial charge in [-0.3, -0.25) is 5.41 Å². The van der Waals surface area contributed by atoms with E-state index in [1.165, 1.54) is 7.11 Å². The second-order valence-electron chi connectivity index (χ2n) is 5.14. The number of anilines is 2. The minimum Gasteiger partial charge on any atom is -0.480 e. The van der Waals surface area contributed by atoms with Crippen LogP contribution in [0.15, 0.2) is 30.6 Å². The summed E-state index contributed by atoms with van der Waals surface area (Å²) in [4.78, 5) is 10.7. The van der Waals surface area contributed by atoms with Gasteiger partial charge in [0.05, 0.1) is 18.4 Å². The van der Waals surface area contributed by atoms with E-state index < -0.39 is 0 Å². The molecule has 0 radical (unpaired) electrons. The molecule has 0 amide bonds. The van der Waals surface area contributed by atoms with Gasteiger partial charge in [0.1, 0.15) is 5.82 Å². The number of nitrogens with two attached hydrogens (primary N) is 1. The lowest BCUT2D eigenvalue weighted by Crippen LogP contribution is -2.24. The first-order valence-corrected chi connectivity index (χ1v) is 7.71. The average Bonchev–Trinajstić information content (AvgIpc) is 2.58. The number of nitrogens with one attached hydrogen (secondary N) is 1. The van der Waals surface area contributed by atoms with E-state index in [2.05, 4.69) is 28.7 Å². The highest BCUT2D eigenvalue weighted by Crippen LogP contribution is 2.25. The van der Waals surface area contributed by atoms with Crippen molar-refractivity contribution >= 4 is 17.2 Å². The number of methoxy groups -OCH3 is 1. The van der Waals surface area contributed by atoms with Crippen LogP contribution < -0.4 is 15.4 Å². The molecule has 0 fully saturated rings. The van der Waals surface area contributed by atoms with Crippen molar-refractivity contribution < 1.29 is 4.74 Å². The Balaban J connectivity index is 2.41. The first kappa shape index (κ1) is 16.7. The summed E-state index contributed by atoms with van der Waals surface area (Å²) >= 11 is 0. The third kappa shape index (κ3) is 3.59. The summed E-state index contributed by atoms with van der Waals surface area (Å²) < 4.78 is 5.25. The van der Waals surface area contributed by atoms with Crippen LogP contribution >= 0.6 is 0 Å². The number of pyridine rings is 2. The van der Waals surface area contributed by atoms with Gasteiger partial charge in [0, 0.05) is 36.7 Å². The van der Waals surface area contributed by atoms with Crippen LogP contribution in [-0.2, 0) is 0 Å². The monoisotopic (exact) mass is 313 g/mol. The van der Waals surface area contributed by atoms with Crippen LogP contribution in [0.25, 0.3) is 0 Å². The number of ether oxygens (including phenoxy) is 1. The number of hydrogen-bond donors (Lipinski definition) is 2. The van der Waals surface area contributed by atoms with Crippen molar-refractivity contribution in [3.05, 3.63) is 41.7 Å². The molecule has 0 aliphatic rings. The molecule has 0 spiro atoms. The Morgan fingerprint density at radius 1 is 1.26 bits per heavy atom. The van der Waals surface area contributed by atoms with Gasteiger partial charge in [-0.15, -0.1) is 0 Å². The van der Waals surface area contributed by atoms with Crippen molar-refractivity contribution in [1.29, 1.82) is 5.41 Å². The third-order valence-corrected chi connectivity index (χ3v) is 3.63. The highest BCUT2D eigenvalue weighted by Gasteiger charge is 2.17. The average molecular weight is 313 g/mol.